The Bertz CT molecular complexity index is 426. The highest BCUT2D eigenvalue weighted by Crippen LogP contribution is 2.10. The van der Waals surface area contributed by atoms with E-state index in [-0.39, 0.29) is 18.1 Å². The van der Waals surface area contributed by atoms with Crippen LogP contribution in [-0.4, -0.2) is 37.7 Å². The molecule has 1 fully saturated rings. The van der Waals surface area contributed by atoms with Crippen molar-refractivity contribution in [3.05, 3.63) is 27.8 Å². The molecule has 1 aliphatic heterocycles. The van der Waals surface area contributed by atoms with Gasteiger partial charge in [-0.25, -0.2) is 0 Å². The van der Waals surface area contributed by atoms with Crippen molar-refractivity contribution >= 4 is 34.2 Å². The lowest BCUT2D eigenvalue weighted by atomic mass is 10.2. The summed E-state index contributed by atoms with van der Waals surface area (Å²) in [4.78, 5) is 13.3. The average Bonchev–Trinajstić information content (AvgIpc) is 2.30. The number of ether oxygens (including phenoxy) is 1. The van der Waals surface area contributed by atoms with Gasteiger partial charge in [-0.05, 0) is 60.7 Å². The summed E-state index contributed by atoms with van der Waals surface area (Å²) in [6.07, 6.45) is 0.453. The maximum absolute atomic E-state index is 12.0. The zero-order chi connectivity index (χ0) is 13.8. The van der Waals surface area contributed by atoms with Crippen LogP contribution in [-0.2, 0) is 9.53 Å². The van der Waals surface area contributed by atoms with Crippen LogP contribution in [0.15, 0.2) is 24.3 Å². The molecule has 5 heteroatoms. The number of hydrogen-bond acceptors (Lipinski definition) is 2. The maximum Gasteiger partial charge on any atom is 0.279 e. The summed E-state index contributed by atoms with van der Waals surface area (Å²) in [5.41, 5.74) is 0.860. The molecule has 1 heterocycles. The minimum absolute atomic E-state index is 0.0671. The highest BCUT2D eigenvalue weighted by molar-refractivity contribution is 14.1. The molecule has 0 unspecified atom stereocenters. The van der Waals surface area contributed by atoms with Crippen LogP contribution < -0.4 is 10.2 Å². The minimum atomic E-state index is 0.0671. The summed E-state index contributed by atoms with van der Waals surface area (Å²) in [5.74, 6) is 0.0671. The molecule has 4 nitrogen and oxygen atoms in total. The standard InChI is InChI=1S/C14H19IN2O2/c1-10-7-17(8-11(2)19-10)9-14(18)16-13-5-3-12(15)4-6-13/h3-6,10-11H,7-9H2,1-2H3,(H,16,18)/p+1/t10-,11-/m1/s1. The first kappa shape index (κ1) is 14.7. The SMILES string of the molecule is C[C@@H]1C[NH+](CC(=O)Nc2ccc(I)cc2)C[C@@H](C)O1. The Hall–Kier alpha value is -0.660. The monoisotopic (exact) mass is 375 g/mol. The quantitative estimate of drug-likeness (QED) is 0.772. The fraction of sp³-hybridized carbons (Fsp3) is 0.500. The third-order valence-electron chi connectivity index (χ3n) is 3.16. The maximum atomic E-state index is 12.0. The molecule has 19 heavy (non-hydrogen) atoms. The van der Waals surface area contributed by atoms with Crippen molar-refractivity contribution in [2.24, 2.45) is 0 Å². The third kappa shape index (κ3) is 4.74. The first-order valence-electron chi connectivity index (χ1n) is 6.57. The van der Waals surface area contributed by atoms with Gasteiger partial charge in [-0.1, -0.05) is 0 Å². The van der Waals surface area contributed by atoms with Gasteiger partial charge in [0.05, 0.1) is 0 Å². The van der Waals surface area contributed by atoms with Gasteiger partial charge >= 0.3 is 0 Å². The van der Waals surface area contributed by atoms with Crippen molar-refractivity contribution in [1.82, 2.24) is 0 Å². The van der Waals surface area contributed by atoms with E-state index in [1.165, 1.54) is 4.90 Å². The van der Waals surface area contributed by atoms with Gasteiger partial charge in [0, 0.05) is 9.26 Å². The summed E-state index contributed by atoms with van der Waals surface area (Å²) < 4.78 is 6.84. The first-order chi connectivity index (χ1) is 9.02. The number of carbonyl (C=O) groups is 1. The van der Waals surface area contributed by atoms with Gasteiger partial charge in [0.2, 0.25) is 0 Å². The van der Waals surface area contributed by atoms with Crippen LogP contribution in [0.1, 0.15) is 13.8 Å². The van der Waals surface area contributed by atoms with Gasteiger partial charge in [-0.3, -0.25) is 4.79 Å². The molecule has 1 aromatic rings. The second-order valence-electron chi connectivity index (χ2n) is 5.15. The van der Waals surface area contributed by atoms with E-state index in [1.54, 1.807) is 0 Å². The molecule has 2 rings (SSSR count). The molecule has 0 spiro atoms. The largest absolute Gasteiger partial charge is 0.364 e. The van der Waals surface area contributed by atoms with E-state index in [4.69, 9.17) is 4.74 Å². The predicted molar refractivity (Wildman–Crippen MR) is 83.4 cm³/mol. The van der Waals surface area contributed by atoms with E-state index in [9.17, 15) is 4.79 Å². The van der Waals surface area contributed by atoms with E-state index in [0.29, 0.717) is 6.54 Å². The molecule has 1 aliphatic rings. The van der Waals surface area contributed by atoms with Crippen LogP contribution in [0, 0.1) is 3.57 Å². The number of quaternary nitrogens is 1. The van der Waals surface area contributed by atoms with Gasteiger partial charge in [0.15, 0.2) is 6.54 Å². The van der Waals surface area contributed by atoms with Crippen molar-refractivity contribution in [3.8, 4) is 0 Å². The number of carbonyl (C=O) groups excluding carboxylic acids is 1. The normalized spacial score (nSPS) is 27.0. The molecule has 0 aromatic heterocycles. The molecule has 1 amide bonds. The Morgan fingerprint density at radius 1 is 1.32 bits per heavy atom. The number of halogens is 1. The smallest absolute Gasteiger partial charge is 0.279 e. The van der Waals surface area contributed by atoms with Gasteiger partial charge < -0.3 is 15.0 Å². The zero-order valence-corrected chi connectivity index (χ0v) is 13.4. The highest BCUT2D eigenvalue weighted by atomic mass is 127. The number of anilines is 1. The number of benzene rings is 1. The second-order valence-corrected chi connectivity index (χ2v) is 6.39. The predicted octanol–water partition coefficient (Wildman–Crippen LogP) is 0.922. The molecule has 2 atom stereocenters. The number of rotatable bonds is 3. The number of nitrogens with one attached hydrogen (secondary N) is 2. The molecular weight excluding hydrogens is 355 g/mol. The summed E-state index contributed by atoms with van der Waals surface area (Å²) in [6, 6.07) is 7.84. The van der Waals surface area contributed by atoms with Crippen molar-refractivity contribution in [2.75, 3.05) is 25.0 Å². The Balaban J connectivity index is 1.85. The fourth-order valence-corrected chi connectivity index (χ4v) is 2.86. The molecule has 1 saturated heterocycles. The van der Waals surface area contributed by atoms with Crippen molar-refractivity contribution in [3.63, 3.8) is 0 Å². The fourth-order valence-electron chi connectivity index (χ4n) is 2.50. The Labute approximate surface area is 127 Å². The van der Waals surface area contributed by atoms with E-state index < -0.39 is 0 Å². The first-order valence-corrected chi connectivity index (χ1v) is 7.65. The summed E-state index contributed by atoms with van der Waals surface area (Å²) in [6.45, 7) is 6.41. The van der Waals surface area contributed by atoms with E-state index in [0.717, 1.165) is 22.3 Å². The summed E-state index contributed by atoms with van der Waals surface area (Å²) >= 11 is 2.25. The van der Waals surface area contributed by atoms with Gasteiger partial charge in [-0.15, -0.1) is 0 Å². The molecule has 0 bridgehead atoms. The van der Waals surface area contributed by atoms with Crippen LogP contribution in [0.25, 0.3) is 0 Å². The van der Waals surface area contributed by atoms with Crippen LogP contribution in [0.5, 0.6) is 0 Å². The van der Waals surface area contributed by atoms with E-state index >= 15 is 0 Å². The van der Waals surface area contributed by atoms with E-state index in [1.807, 2.05) is 24.3 Å². The Kier molecular flexibility index (Phi) is 5.18. The lowest BCUT2D eigenvalue weighted by Crippen LogP contribution is -3.16. The van der Waals surface area contributed by atoms with Crippen molar-refractivity contribution < 1.29 is 14.4 Å². The summed E-state index contributed by atoms with van der Waals surface area (Å²) in [7, 11) is 0. The summed E-state index contributed by atoms with van der Waals surface area (Å²) in [5, 5.41) is 2.94. The van der Waals surface area contributed by atoms with Gasteiger partial charge in [-0.2, -0.15) is 0 Å². The molecule has 0 aliphatic carbocycles. The van der Waals surface area contributed by atoms with Crippen LogP contribution >= 0.6 is 22.6 Å². The topological polar surface area (TPSA) is 42.8 Å². The second kappa shape index (κ2) is 6.67. The average molecular weight is 375 g/mol. The number of amides is 1. The Morgan fingerprint density at radius 2 is 1.89 bits per heavy atom. The molecule has 1 aromatic carbocycles. The van der Waals surface area contributed by atoms with Crippen molar-refractivity contribution in [2.45, 2.75) is 26.1 Å². The van der Waals surface area contributed by atoms with Crippen molar-refractivity contribution in [1.29, 1.82) is 0 Å². The third-order valence-corrected chi connectivity index (χ3v) is 3.87. The number of morpholine rings is 1. The molecule has 2 N–H and O–H groups in total. The van der Waals surface area contributed by atoms with Gasteiger partial charge in [0.1, 0.15) is 25.3 Å². The Morgan fingerprint density at radius 3 is 2.47 bits per heavy atom. The van der Waals surface area contributed by atoms with Crippen LogP contribution in [0.3, 0.4) is 0 Å². The van der Waals surface area contributed by atoms with Crippen LogP contribution in [0.4, 0.5) is 5.69 Å². The molecule has 104 valence electrons. The minimum Gasteiger partial charge on any atom is -0.364 e. The lowest BCUT2D eigenvalue weighted by Gasteiger charge is -2.31. The zero-order valence-electron chi connectivity index (χ0n) is 11.3. The van der Waals surface area contributed by atoms with Crippen LogP contribution in [0.2, 0.25) is 0 Å². The molecule has 0 radical (unpaired) electrons. The number of hydrogen-bond donors (Lipinski definition) is 2. The van der Waals surface area contributed by atoms with E-state index in [2.05, 4.69) is 41.8 Å². The highest BCUT2D eigenvalue weighted by Gasteiger charge is 2.27. The van der Waals surface area contributed by atoms with Gasteiger partial charge in [0.25, 0.3) is 5.91 Å². The lowest BCUT2D eigenvalue weighted by molar-refractivity contribution is -0.907. The molecule has 0 saturated carbocycles. The molecular formula is C14H20IN2O2+.